The fourth-order valence-corrected chi connectivity index (χ4v) is 2.57. The third-order valence-electron chi connectivity index (χ3n) is 3.48. The predicted octanol–water partition coefficient (Wildman–Crippen LogP) is 1.31. The van der Waals surface area contributed by atoms with Crippen LogP contribution in [0.25, 0.3) is 0 Å². The smallest absolute Gasteiger partial charge is 0.401 e. The number of nitrogens with one attached hydrogen (secondary N) is 1. The molecule has 8 heteroatoms. The van der Waals surface area contributed by atoms with Crippen molar-refractivity contribution in [2.24, 2.45) is 5.92 Å². The number of esters is 1. The van der Waals surface area contributed by atoms with E-state index in [1.54, 1.807) is 0 Å². The molecule has 0 radical (unpaired) electrons. The molecule has 1 heterocycles. The van der Waals surface area contributed by atoms with Crippen molar-refractivity contribution in [2.75, 3.05) is 33.3 Å². The summed E-state index contributed by atoms with van der Waals surface area (Å²) in [6, 6.07) is 1.69. The van der Waals surface area contributed by atoms with Gasteiger partial charge in [-0.05, 0) is 18.8 Å². The van der Waals surface area contributed by atoms with Crippen molar-refractivity contribution < 1.29 is 22.7 Å². The molecule has 0 aromatic carbocycles. The van der Waals surface area contributed by atoms with E-state index >= 15 is 0 Å². The van der Waals surface area contributed by atoms with E-state index in [1.165, 1.54) is 7.11 Å². The number of carbonyl (C=O) groups excluding carboxylic acids is 1. The van der Waals surface area contributed by atoms with Gasteiger partial charge in [-0.25, -0.2) is 0 Å². The molecule has 1 saturated heterocycles. The van der Waals surface area contributed by atoms with Crippen LogP contribution in [0.3, 0.4) is 0 Å². The second-order valence-electron chi connectivity index (χ2n) is 5.26. The Morgan fingerprint density at radius 3 is 2.76 bits per heavy atom. The number of nitriles is 1. The fourth-order valence-electron chi connectivity index (χ4n) is 2.57. The van der Waals surface area contributed by atoms with Crippen LogP contribution in [0.5, 0.6) is 0 Å². The summed E-state index contributed by atoms with van der Waals surface area (Å²) >= 11 is 0. The standard InChI is InChI=1S/C13H20F3N3O2/c1-21-12(20)3-2-10-6-11(18-9-13(14,15)16)8-19(7-10)5-4-17/h10-11,18H,2-3,5-9H2,1H3. The molecule has 0 spiro atoms. The largest absolute Gasteiger partial charge is 0.469 e. The molecule has 0 saturated carbocycles. The molecule has 2 unspecified atom stereocenters. The van der Waals surface area contributed by atoms with Crippen molar-refractivity contribution >= 4 is 5.97 Å². The third-order valence-corrected chi connectivity index (χ3v) is 3.48. The average Bonchev–Trinajstić information content (AvgIpc) is 2.42. The summed E-state index contributed by atoms with van der Waals surface area (Å²) in [6.07, 6.45) is -2.89. The minimum Gasteiger partial charge on any atom is -0.469 e. The maximum Gasteiger partial charge on any atom is 0.401 e. The third kappa shape index (κ3) is 7.29. The van der Waals surface area contributed by atoms with Gasteiger partial charge in [-0.15, -0.1) is 0 Å². The zero-order valence-electron chi connectivity index (χ0n) is 11.9. The number of nitrogens with zero attached hydrogens (tertiary/aromatic N) is 2. The number of hydrogen-bond donors (Lipinski definition) is 1. The topological polar surface area (TPSA) is 65.4 Å². The molecule has 0 aromatic heterocycles. The monoisotopic (exact) mass is 307 g/mol. The highest BCUT2D eigenvalue weighted by molar-refractivity contribution is 5.69. The van der Waals surface area contributed by atoms with E-state index in [2.05, 4.69) is 10.1 Å². The summed E-state index contributed by atoms with van der Waals surface area (Å²) in [5.41, 5.74) is 0. The van der Waals surface area contributed by atoms with Gasteiger partial charge in [0.1, 0.15) is 0 Å². The van der Waals surface area contributed by atoms with Crippen molar-refractivity contribution in [3.05, 3.63) is 0 Å². The quantitative estimate of drug-likeness (QED) is 0.592. The number of ether oxygens (including phenoxy) is 1. The number of carbonyl (C=O) groups is 1. The van der Waals surface area contributed by atoms with Gasteiger partial charge in [0.25, 0.3) is 0 Å². The number of alkyl halides is 3. The minimum atomic E-state index is -4.25. The lowest BCUT2D eigenvalue weighted by Gasteiger charge is -2.37. The van der Waals surface area contributed by atoms with E-state index in [0.717, 1.165) is 0 Å². The number of methoxy groups -OCH3 is 1. The Labute approximate surface area is 122 Å². The van der Waals surface area contributed by atoms with E-state index in [1.807, 2.05) is 11.0 Å². The van der Waals surface area contributed by atoms with Gasteiger partial charge in [-0.2, -0.15) is 18.4 Å². The highest BCUT2D eigenvalue weighted by atomic mass is 19.4. The zero-order valence-corrected chi connectivity index (χ0v) is 11.9. The molecule has 0 amide bonds. The Morgan fingerprint density at radius 1 is 1.48 bits per heavy atom. The van der Waals surface area contributed by atoms with Gasteiger partial charge in [0.2, 0.25) is 0 Å². The van der Waals surface area contributed by atoms with Crippen molar-refractivity contribution in [1.82, 2.24) is 10.2 Å². The number of likely N-dealkylation sites (tertiary alicyclic amines) is 1. The summed E-state index contributed by atoms with van der Waals surface area (Å²) < 4.78 is 41.4. The Morgan fingerprint density at radius 2 is 2.19 bits per heavy atom. The lowest BCUT2D eigenvalue weighted by molar-refractivity contribution is -0.141. The molecule has 1 aliphatic heterocycles. The number of piperidine rings is 1. The van der Waals surface area contributed by atoms with Crippen LogP contribution in [0.1, 0.15) is 19.3 Å². The Kier molecular flexibility index (Phi) is 6.92. The van der Waals surface area contributed by atoms with Crippen LogP contribution >= 0.6 is 0 Å². The summed E-state index contributed by atoms with van der Waals surface area (Å²) in [7, 11) is 1.30. The lowest BCUT2D eigenvalue weighted by atomic mass is 9.90. The SMILES string of the molecule is COC(=O)CCC1CC(NCC(F)(F)F)CN(CC#N)C1. The molecular weight excluding hydrogens is 287 g/mol. The summed E-state index contributed by atoms with van der Waals surface area (Å²) in [6.45, 7) is 0.174. The minimum absolute atomic E-state index is 0.0805. The van der Waals surface area contributed by atoms with Gasteiger partial charge in [-0.1, -0.05) is 0 Å². The van der Waals surface area contributed by atoms with Crippen LogP contribution in [0.2, 0.25) is 0 Å². The van der Waals surface area contributed by atoms with Crippen LogP contribution in [0.15, 0.2) is 0 Å². The molecule has 0 aliphatic carbocycles. The molecule has 1 N–H and O–H groups in total. The van der Waals surface area contributed by atoms with Crippen molar-refractivity contribution in [3.8, 4) is 6.07 Å². The van der Waals surface area contributed by atoms with Gasteiger partial charge in [-0.3, -0.25) is 9.69 Å². The first kappa shape index (κ1) is 17.7. The average molecular weight is 307 g/mol. The predicted molar refractivity (Wildman–Crippen MR) is 69.3 cm³/mol. The molecule has 0 aromatic rings. The van der Waals surface area contributed by atoms with Crippen molar-refractivity contribution in [3.63, 3.8) is 0 Å². The van der Waals surface area contributed by atoms with Gasteiger partial charge < -0.3 is 10.1 Å². The molecule has 120 valence electrons. The molecule has 5 nitrogen and oxygen atoms in total. The Hall–Kier alpha value is -1.33. The lowest BCUT2D eigenvalue weighted by Crippen LogP contribution is -2.51. The normalized spacial score (nSPS) is 23.6. The summed E-state index contributed by atoms with van der Waals surface area (Å²) in [5, 5.41) is 11.2. The van der Waals surface area contributed by atoms with E-state index in [4.69, 9.17) is 5.26 Å². The molecule has 21 heavy (non-hydrogen) atoms. The highest BCUT2D eigenvalue weighted by Crippen LogP contribution is 2.22. The number of halogens is 3. The van der Waals surface area contributed by atoms with E-state index in [0.29, 0.717) is 25.9 Å². The molecule has 1 rings (SSSR count). The molecule has 1 fully saturated rings. The van der Waals surface area contributed by atoms with Crippen LogP contribution < -0.4 is 5.32 Å². The van der Waals surface area contributed by atoms with Crippen molar-refractivity contribution in [2.45, 2.75) is 31.5 Å². The zero-order chi connectivity index (χ0) is 15.9. The molecule has 1 aliphatic rings. The second kappa shape index (κ2) is 8.20. The first-order chi connectivity index (χ1) is 9.84. The van der Waals surface area contributed by atoms with Gasteiger partial charge >= 0.3 is 12.1 Å². The van der Waals surface area contributed by atoms with Gasteiger partial charge in [0.05, 0.1) is 26.3 Å². The van der Waals surface area contributed by atoms with Crippen LogP contribution in [0.4, 0.5) is 13.2 Å². The number of rotatable bonds is 6. The van der Waals surface area contributed by atoms with E-state index in [9.17, 15) is 18.0 Å². The van der Waals surface area contributed by atoms with E-state index in [-0.39, 0.29) is 30.9 Å². The second-order valence-corrected chi connectivity index (χ2v) is 5.26. The number of hydrogen-bond acceptors (Lipinski definition) is 5. The fraction of sp³-hybridized carbons (Fsp3) is 0.846. The molecule has 2 atom stereocenters. The highest BCUT2D eigenvalue weighted by Gasteiger charge is 2.32. The Balaban J connectivity index is 2.51. The maximum absolute atomic E-state index is 12.3. The van der Waals surface area contributed by atoms with Crippen molar-refractivity contribution in [1.29, 1.82) is 5.26 Å². The van der Waals surface area contributed by atoms with Crippen LogP contribution in [-0.2, 0) is 9.53 Å². The van der Waals surface area contributed by atoms with E-state index < -0.39 is 12.7 Å². The van der Waals surface area contributed by atoms with Gasteiger partial charge in [0.15, 0.2) is 0 Å². The van der Waals surface area contributed by atoms with Crippen LogP contribution in [-0.4, -0.2) is 56.4 Å². The first-order valence-electron chi connectivity index (χ1n) is 6.80. The summed E-state index contributed by atoms with van der Waals surface area (Å²) in [4.78, 5) is 13.0. The Bertz CT molecular complexity index is 382. The molecular formula is C13H20F3N3O2. The maximum atomic E-state index is 12.3. The van der Waals surface area contributed by atoms with Gasteiger partial charge in [0, 0.05) is 25.6 Å². The first-order valence-corrected chi connectivity index (χ1v) is 6.80. The molecule has 0 bridgehead atoms. The summed E-state index contributed by atoms with van der Waals surface area (Å²) in [5.74, 6) is -0.246. The van der Waals surface area contributed by atoms with Crippen LogP contribution in [0, 0.1) is 17.2 Å².